The molecule has 5 heteroatoms. The Kier molecular flexibility index (Phi) is 4.55. The van der Waals surface area contributed by atoms with Crippen LogP contribution >= 0.6 is 0 Å². The molecule has 1 aliphatic rings. The van der Waals surface area contributed by atoms with E-state index in [4.69, 9.17) is 4.74 Å². The lowest BCUT2D eigenvalue weighted by atomic mass is 9.90. The van der Waals surface area contributed by atoms with E-state index in [0.29, 0.717) is 36.0 Å². The zero-order valence-corrected chi connectivity index (χ0v) is 13.8. The summed E-state index contributed by atoms with van der Waals surface area (Å²) >= 11 is 0. The van der Waals surface area contributed by atoms with Crippen LogP contribution in [-0.4, -0.2) is 27.1 Å². The Balaban J connectivity index is 1.94. The lowest BCUT2D eigenvalue weighted by Crippen LogP contribution is -2.15. The lowest BCUT2D eigenvalue weighted by molar-refractivity contribution is 0.0688. The van der Waals surface area contributed by atoms with Crippen molar-refractivity contribution in [2.24, 2.45) is 5.92 Å². The average Bonchev–Trinajstić information content (AvgIpc) is 2.96. The van der Waals surface area contributed by atoms with Crippen molar-refractivity contribution in [3.05, 3.63) is 29.2 Å². The van der Waals surface area contributed by atoms with Crippen LogP contribution in [0.3, 0.4) is 0 Å². The summed E-state index contributed by atoms with van der Waals surface area (Å²) in [7, 11) is 0. The summed E-state index contributed by atoms with van der Waals surface area (Å²) in [4.78, 5) is 16.2. The van der Waals surface area contributed by atoms with Gasteiger partial charge in [-0.3, -0.25) is 4.40 Å². The van der Waals surface area contributed by atoms with E-state index < -0.39 is 5.97 Å². The molecule has 0 aromatic carbocycles. The largest absolute Gasteiger partial charge is 0.489 e. The fourth-order valence-corrected chi connectivity index (χ4v) is 3.46. The van der Waals surface area contributed by atoms with Crippen LogP contribution in [0.4, 0.5) is 0 Å². The van der Waals surface area contributed by atoms with Gasteiger partial charge in [0.05, 0.1) is 12.3 Å². The Hall–Kier alpha value is -2.04. The van der Waals surface area contributed by atoms with Crippen molar-refractivity contribution in [2.75, 3.05) is 6.61 Å². The second kappa shape index (κ2) is 6.60. The molecule has 0 aliphatic heterocycles. The van der Waals surface area contributed by atoms with Crippen molar-refractivity contribution in [1.29, 1.82) is 0 Å². The quantitative estimate of drug-likeness (QED) is 0.909. The Morgan fingerprint density at radius 3 is 2.74 bits per heavy atom. The third kappa shape index (κ3) is 3.05. The minimum atomic E-state index is -0.943. The summed E-state index contributed by atoms with van der Waals surface area (Å²) in [5.74, 6) is 0.343. The van der Waals surface area contributed by atoms with Gasteiger partial charge in [0.25, 0.3) is 0 Å². The van der Waals surface area contributed by atoms with Crippen molar-refractivity contribution in [1.82, 2.24) is 9.38 Å². The molecule has 0 bridgehead atoms. The average molecular weight is 316 g/mol. The maximum atomic E-state index is 11.6. The molecule has 3 rings (SSSR count). The first-order chi connectivity index (χ1) is 11.1. The molecule has 1 aliphatic carbocycles. The van der Waals surface area contributed by atoms with Crippen molar-refractivity contribution in [3.63, 3.8) is 0 Å². The Morgan fingerprint density at radius 2 is 2.09 bits per heavy atom. The minimum absolute atomic E-state index is 0.253. The zero-order valence-electron chi connectivity index (χ0n) is 13.8. The fraction of sp³-hybridized carbons (Fsp3) is 0.556. The standard InChI is InChI=1S/C18H24N2O3/c1-3-14-16(18(21)22)20-12(2)9-10-15(17(20)19-14)23-11-13-7-5-4-6-8-13/h9-10,13H,3-8,11H2,1-2H3,(H,21,22). The first-order valence-electron chi connectivity index (χ1n) is 8.48. The highest BCUT2D eigenvalue weighted by molar-refractivity contribution is 5.89. The highest BCUT2D eigenvalue weighted by atomic mass is 16.5. The number of hydrogen-bond acceptors (Lipinski definition) is 3. The van der Waals surface area contributed by atoms with Gasteiger partial charge >= 0.3 is 5.97 Å². The number of fused-ring (bicyclic) bond motifs is 1. The molecule has 2 aromatic heterocycles. The summed E-state index contributed by atoms with van der Waals surface area (Å²) in [6.45, 7) is 4.51. The minimum Gasteiger partial charge on any atom is -0.489 e. The molecule has 1 saturated carbocycles. The fourth-order valence-electron chi connectivity index (χ4n) is 3.46. The van der Waals surface area contributed by atoms with E-state index >= 15 is 0 Å². The van der Waals surface area contributed by atoms with E-state index in [1.807, 2.05) is 26.0 Å². The van der Waals surface area contributed by atoms with Crippen LogP contribution < -0.4 is 4.74 Å². The second-order valence-electron chi connectivity index (χ2n) is 6.38. The monoisotopic (exact) mass is 316 g/mol. The predicted octanol–water partition coefficient (Wildman–Crippen LogP) is 3.86. The van der Waals surface area contributed by atoms with Crippen molar-refractivity contribution in [2.45, 2.75) is 52.4 Å². The molecule has 0 atom stereocenters. The number of pyridine rings is 1. The van der Waals surface area contributed by atoms with Gasteiger partial charge in [-0.15, -0.1) is 0 Å². The normalized spacial score (nSPS) is 15.9. The smallest absolute Gasteiger partial charge is 0.354 e. The number of ether oxygens (including phenoxy) is 1. The molecule has 23 heavy (non-hydrogen) atoms. The van der Waals surface area contributed by atoms with Crippen molar-refractivity contribution in [3.8, 4) is 5.75 Å². The zero-order chi connectivity index (χ0) is 16.4. The van der Waals surface area contributed by atoms with E-state index in [0.717, 1.165) is 5.69 Å². The number of carboxylic acid groups (broad SMARTS) is 1. The molecular formula is C18H24N2O3. The van der Waals surface area contributed by atoms with E-state index in [1.165, 1.54) is 32.1 Å². The molecule has 0 amide bonds. The Labute approximate surface area is 136 Å². The highest BCUT2D eigenvalue weighted by Crippen LogP contribution is 2.28. The van der Waals surface area contributed by atoms with E-state index in [1.54, 1.807) is 4.40 Å². The van der Waals surface area contributed by atoms with Gasteiger partial charge in [-0.05, 0) is 44.2 Å². The number of rotatable bonds is 5. The maximum absolute atomic E-state index is 11.6. The number of carbonyl (C=O) groups is 1. The van der Waals surface area contributed by atoms with Gasteiger partial charge < -0.3 is 9.84 Å². The molecule has 0 radical (unpaired) electrons. The SMILES string of the molecule is CCc1nc2c(OCC3CCCCC3)ccc(C)n2c1C(=O)O. The molecular weight excluding hydrogens is 292 g/mol. The van der Waals surface area contributed by atoms with E-state index in [-0.39, 0.29) is 5.69 Å². The summed E-state index contributed by atoms with van der Waals surface area (Å²) in [5.41, 5.74) is 2.34. The first kappa shape index (κ1) is 15.8. The number of aromatic nitrogens is 2. The molecule has 0 unspecified atom stereocenters. The Morgan fingerprint density at radius 1 is 1.35 bits per heavy atom. The molecule has 2 aromatic rings. The number of carboxylic acids is 1. The molecule has 5 nitrogen and oxygen atoms in total. The number of aromatic carboxylic acids is 1. The maximum Gasteiger partial charge on any atom is 0.354 e. The van der Waals surface area contributed by atoms with Crippen molar-refractivity contribution >= 4 is 11.6 Å². The molecule has 1 N–H and O–H groups in total. The van der Waals surface area contributed by atoms with E-state index in [2.05, 4.69) is 4.98 Å². The Bertz CT molecular complexity index is 715. The molecule has 124 valence electrons. The van der Waals surface area contributed by atoms with Gasteiger partial charge in [0, 0.05) is 5.69 Å². The summed E-state index contributed by atoms with van der Waals surface area (Å²) in [6, 6.07) is 3.81. The number of nitrogens with zero attached hydrogens (tertiary/aromatic N) is 2. The van der Waals surface area contributed by atoms with Crippen LogP contribution in [0, 0.1) is 12.8 Å². The van der Waals surface area contributed by atoms with Gasteiger partial charge in [0.15, 0.2) is 17.1 Å². The first-order valence-corrected chi connectivity index (χ1v) is 8.48. The van der Waals surface area contributed by atoms with E-state index in [9.17, 15) is 9.90 Å². The summed E-state index contributed by atoms with van der Waals surface area (Å²) in [6.07, 6.45) is 6.92. The van der Waals surface area contributed by atoms with Crippen LogP contribution in [0.25, 0.3) is 5.65 Å². The summed E-state index contributed by atoms with van der Waals surface area (Å²) < 4.78 is 7.74. The van der Waals surface area contributed by atoms with Crippen LogP contribution in [0.15, 0.2) is 12.1 Å². The van der Waals surface area contributed by atoms with Gasteiger partial charge in [-0.1, -0.05) is 26.2 Å². The molecule has 0 saturated heterocycles. The second-order valence-corrected chi connectivity index (χ2v) is 6.38. The third-order valence-electron chi connectivity index (χ3n) is 4.74. The molecule has 0 spiro atoms. The molecule has 1 fully saturated rings. The van der Waals surface area contributed by atoms with Crippen molar-refractivity contribution < 1.29 is 14.6 Å². The number of aryl methyl sites for hydroxylation is 2. The predicted molar refractivity (Wildman–Crippen MR) is 88.3 cm³/mol. The van der Waals surface area contributed by atoms with Gasteiger partial charge in [-0.25, -0.2) is 9.78 Å². The van der Waals surface area contributed by atoms with Gasteiger partial charge in [-0.2, -0.15) is 0 Å². The number of imidazole rings is 1. The third-order valence-corrected chi connectivity index (χ3v) is 4.74. The molecule has 2 heterocycles. The summed E-state index contributed by atoms with van der Waals surface area (Å²) in [5, 5.41) is 9.53. The van der Waals surface area contributed by atoms with Crippen LogP contribution in [-0.2, 0) is 6.42 Å². The lowest BCUT2D eigenvalue weighted by Gasteiger charge is -2.21. The topological polar surface area (TPSA) is 63.8 Å². The van der Waals surface area contributed by atoms with Crippen LogP contribution in [0.1, 0.15) is 60.9 Å². The van der Waals surface area contributed by atoms with Crippen LogP contribution in [0.2, 0.25) is 0 Å². The van der Waals surface area contributed by atoms with Crippen LogP contribution in [0.5, 0.6) is 5.75 Å². The number of hydrogen-bond donors (Lipinski definition) is 1. The van der Waals surface area contributed by atoms with Gasteiger partial charge in [0.2, 0.25) is 0 Å². The highest BCUT2D eigenvalue weighted by Gasteiger charge is 2.22. The van der Waals surface area contributed by atoms with Gasteiger partial charge in [0.1, 0.15) is 0 Å².